The summed E-state index contributed by atoms with van der Waals surface area (Å²) < 4.78 is 5.13. The molecular formula is C22H30N4O2. The summed E-state index contributed by atoms with van der Waals surface area (Å²) in [4.78, 5) is 26.9. The van der Waals surface area contributed by atoms with Gasteiger partial charge in [-0.15, -0.1) is 0 Å². The number of carbonyl (C=O) groups excluding carboxylic acids is 1. The molecule has 3 rings (SSSR count). The van der Waals surface area contributed by atoms with Gasteiger partial charge in [-0.25, -0.2) is 9.97 Å². The van der Waals surface area contributed by atoms with Gasteiger partial charge in [0.15, 0.2) is 5.82 Å². The number of nitrogens with zero attached hydrogens (tertiary/aromatic N) is 4. The molecule has 1 saturated heterocycles. The summed E-state index contributed by atoms with van der Waals surface area (Å²) >= 11 is 0. The van der Waals surface area contributed by atoms with Crippen molar-refractivity contribution in [1.29, 1.82) is 0 Å². The number of anilines is 1. The van der Waals surface area contributed by atoms with E-state index >= 15 is 0 Å². The Labute approximate surface area is 167 Å². The van der Waals surface area contributed by atoms with E-state index in [0.29, 0.717) is 5.82 Å². The maximum Gasteiger partial charge on any atom is 0.313 e. The predicted octanol–water partition coefficient (Wildman–Crippen LogP) is 3.26. The normalized spacial score (nSPS) is 16.1. The van der Waals surface area contributed by atoms with Crippen LogP contribution in [0.5, 0.6) is 0 Å². The number of aromatic nitrogens is 2. The number of hydrogen-bond donors (Lipinski definition) is 0. The van der Waals surface area contributed by atoms with Gasteiger partial charge in [0.2, 0.25) is 0 Å². The molecule has 1 aromatic carbocycles. The zero-order valence-electron chi connectivity index (χ0n) is 17.3. The van der Waals surface area contributed by atoms with Crippen molar-refractivity contribution in [3.8, 4) is 11.4 Å². The van der Waals surface area contributed by atoms with Gasteiger partial charge in [0.05, 0.1) is 13.0 Å². The Hall–Kier alpha value is -2.47. The fourth-order valence-corrected chi connectivity index (χ4v) is 3.76. The van der Waals surface area contributed by atoms with Crippen LogP contribution in [0, 0.1) is 6.92 Å². The minimum atomic E-state index is -0.338. The number of rotatable bonds is 6. The van der Waals surface area contributed by atoms with Crippen LogP contribution >= 0.6 is 0 Å². The monoisotopic (exact) mass is 382 g/mol. The van der Waals surface area contributed by atoms with Crippen LogP contribution in [0.1, 0.15) is 36.9 Å². The molecule has 6 heteroatoms. The Morgan fingerprint density at radius 1 is 1.14 bits per heavy atom. The summed E-state index contributed by atoms with van der Waals surface area (Å²) in [5.74, 6) is 1.03. The maximum absolute atomic E-state index is 12.6. The van der Waals surface area contributed by atoms with Gasteiger partial charge >= 0.3 is 5.97 Å². The predicted molar refractivity (Wildman–Crippen MR) is 112 cm³/mol. The summed E-state index contributed by atoms with van der Waals surface area (Å²) in [7, 11) is 3.59. The molecule has 6 nitrogen and oxygen atoms in total. The van der Waals surface area contributed by atoms with E-state index in [-0.39, 0.29) is 11.9 Å². The van der Waals surface area contributed by atoms with Gasteiger partial charge < -0.3 is 14.5 Å². The van der Waals surface area contributed by atoms with Crippen LogP contribution in [0.3, 0.4) is 0 Å². The molecule has 0 radical (unpaired) electrons. The van der Waals surface area contributed by atoms with Gasteiger partial charge in [0, 0.05) is 43.0 Å². The molecule has 1 aromatic heterocycles. The number of hydrogen-bond acceptors (Lipinski definition) is 6. The molecule has 150 valence electrons. The van der Waals surface area contributed by atoms with Crippen molar-refractivity contribution in [1.82, 2.24) is 14.9 Å². The Morgan fingerprint density at radius 3 is 2.43 bits per heavy atom. The van der Waals surface area contributed by atoms with Crippen molar-refractivity contribution in [3.63, 3.8) is 0 Å². The second-order valence-electron chi connectivity index (χ2n) is 7.39. The first-order valence-corrected chi connectivity index (χ1v) is 10.0. The Kier molecular flexibility index (Phi) is 6.62. The highest BCUT2D eigenvalue weighted by atomic mass is 16.5. The molecule has 0 spiro atoms. The van der Waals surface area contributed by atoms with Crippen LogP contribution in [-0.2, 0) is 9.53 Å². The smallest absolute Gasteiger partial charge is 0.313 e. The molecule has 28 heavy (non-hydrogen) atoms. The summed E-state index contributed by atoms with van der Waals surface area (Å²) in [6.45, 7) is 7.77. The highest BCUT2D eigenvalue weighted by Gasteiger charge is 2.30. The summed E-state index contributed by atoms with van der Waals surface area (Å²) in [6, 6.07) is 10.0. The van der Waals surface area contributed by atoms with Crippen molar-refractivity contribution >= 4 is 11.8 Å². The molecule has 1 fully saturated rings. The molecule has 0 aliphatic carbocycles. The number of aryl methyl sites for hydroxylation is 1. The Bertz CT molecular complexity index is 802. The van der Waals surface area contributed by atoms with Gasteiger partial charge in [0.25, 0.3) is 0 Å². The van der Waals surface area contributed by atoms with E-state index in [4.69, 9.17) is 14.7 Å². The minimum Gasteiger partial charge on any atom is -0.469 e. The molecule has 2 heterocycles. The lowest BCUT2D eigenvalue weighted by atomic mass is 9.92. The summed E-state index contributed by atoms with van der Waals surface area (Å²) in [6.07, 6.45) is 1.62. The fraction of sp³-hybridized carbons (Fsp3) is 0.500. The van der Waals surface area contributed by atoms with E-state index in [1.54, 1.807) is 0 Å². The average molecular weight is 383 g/mol. The van der Waals surface area contributed by atoms with Crippen molar-refractivity contribution in [3.05, 3.63) is 41.6 Å². The third-order valence-electron chi connectivity index (χ3n) is 5.36. The number of likely N-dealkylation sites (N-methyl/N-ethyl adjacent to an activating group) is 1. The van der Waals surface area contributed by atoms with Gasteiger partial charge in [-0.05, 0) is 20.4 Å². The van der Waals surface area contributed by atoms with Gasteiger partial charge in [0.1, 0.15) is 5.82 Å². The minimum absolute atomic E-state index is 0.212. The second kappa shape index (κ2) is 9.15. The van der Waals surface area contributed by atoms with E-state index in [1.165, 1.54) is 7.11 Å². The molecule has 0 N–H and O–H groups in total. The second-order valence-corrected chi connectivity index (χ2v) is 7.39. The van der Waals surface area contributed by atoms with E-state index in [9.17, 15) is 4.79 Å². The average Bonchev–Trinajstić information content (AvgIpc) is 2.72. The van der Waals surface area contributed by atoms with E-state index < -0.39 is 0 Å². The molecule has 0 amide bonds. The SMILES string of the molecule is CCCC(C(=O)OC)c1c(C)nc(-c2ccccc2)nc1N1CCN(C)CC1. The maximum atomic E-state index is 12.6. The van der Waals surface area contributed by atoms with E-state index in [0.717, 1.165) is 61.7 Å². The zero-order chi connectivity index (χ0) is 20.1. The lowest BCUT2D eigenvalue weighted by Crippen LogP contribution is -2.45. The third-order valence-corrected chi connectivity index (χ3v) is 5.36. The zero-order valence-corrected chi connectivity index (χ0v) is 17.3. The molecule has 0 saturated carbocycles. The van der Waals surface area contributed by atoms with E-state index in [2.05, 4.69) is 23.8 Å². The topological polar surface area (TPSA) is 58.6 Å². The lowest BCUT2D eigenvalue weighted by molar-refractivity contribution is -0.142. The Morgan fingerprint density at radius 2 is 1.82 bits per heavy atom. The first kappa shape index (κ1) is 20.3. The molecule has 1 atom stereocenters. The molecule has 1 aliphatic heterocycles. The number of piperazine rings is 1. The number of esters is 1. The quantitative estimate of drug-likeness (QED) is 0.715. The number of ether oxygens (including phenoxy) is 1. The van der Waals surface area contributed by atoms with Crippen LogP contribution in [0.4, 0.5) is 5.82 Å². The van der Waals surface area contributed by atoms with Crippen molar-refractivity contribution < 1.29 is 9.53 Å². The van der Waals surface area contributed by atoms with Gasteiger partial charge in [-0.2, -0.15) is 0 Å². The van der Waals surface area contributed by atoms with Gasteiger partial charge in [-0.3, -0.25) is 4.79 Å². The first-order valence-electron chi connectivity index (χ1n) is 10.0. The highest BCUT2D eigenvalue weighted by Crippen LogP contribution is 2.34. The molecule has 1 unspecified atom stereocenters. The number of methoxy groups -OCH3 is 1. The number of carbonyl (C=O) groups is 1. The molecular weight excluding hydrogens is 352 g/mol. The van der Waals surface area contributed by atoms with Crippen LogP contribution in [0.2, 0.25) is 0 Å². The first-order chi connectivity index (χ1) is 13.5. The van der Waals surface area contributed by atoms with E-state index in [1.807, 2.05) is 37.3 Å². The Balaban J connectivity index is 2.12. The van der Waals surface area contributed by atoms with Gasteiger partial charge in [-0.1, -0.05) is 43.7 Å². The molecule has 2 aromatic rings. The highest BCUT2D eigenvalue weighted by molar-refractivity contribution is 5.81. The van der Waals surface area contributed by atoms with Crippen LogP contribution in [0.15, 0.2) is 30.3 Å². The van der Waals surface area contributed by atoms with Crippen molar-refractivity contribution in [2.45, 2.75) is 32.6 Å². The summed E-state index contributed by atoms with van der Waals surface area (Å²) in [5, 5.41) is 0. The fourth-order valence-electron chi connectivity index (χ4n) is 3.76. The largest absolute Gasteiger partial charge is 0.469 e. The van der Waals surface area contributed by atoms with Crippen molar-refractivity contribution in [2.24, 2.45) is 0 Å². The van der Waals surface area contributed by atoms with Crippen LogP contribution < -0.4 is 4.90 Å². The van der Waals surface area contributed by atoms with Crippen LogP contribution in [0.25, 0.3) is 11.4 Å². The summed E-state index contributed by atoms with van der Waals surface area (Å²) in [5.41, 5.74) is 2.75. The molecule has 0 bridgehead atoms. The van der Waals surface area contributed by atoms with Crippen LogP contribution in [-0.4, -0.2) is 61.2 Å². The number of benzene rings is 1. The van der Waals surface area contributed by atoms with Crippen molar-refractivity contribution in [2.75, 3.05) is 45.2 Å². The standard InChI is InChI=1S/C22H30N4O2/c1-5-9-18(22(27)28-4)19-16(2)23-20(17-10-7-6-8-11-17)24-21(19)26-14-12-25(3)13-15-26/h6-8,10-11,18H,5,9,12-15H2,1-4H3. The third kappa shape index (κ3) is 4.33. The lowest BCUT2D eigenvalue weighted by Gasteiger charge is -2.35. The molecule has 1 aliphatic rings.